The molecule has 0 fully saturated rings. The van der Waals surface area contributed by atoms with Crippen molar-refractivity contribution in [3.05, 3.63) is 89.5 Å². The van der Waals surface area contributed by atoms with E-state index in [1.807, 2.05) is 72.8 Å². The SMILES string of the molecule is COc1ccccc1C(=C1C=CC=CC1=[O+]C)c1ccccc1OC. The van der Waals surface area contributed by atoms with Crippen molar-refractivity contribution in [2.24, 2.45) is 0 Å². The van der Waals surface area contributed by atoms with Crippen LogP contribution in [0.1, 0.15) is 11.1 Å². The Hall–Kier alpha value is -3.07. The first-order valence-electron chi connectivity index (χ1n) is 8.07. The minimum Gasteiger partial charge on any atom is -0.496 e. The summed E-state index contributed by atoms with van der Waals surface area (Å²) in [6.07, 6.45) is 7.97. The van der Waals surface area contributed by atoms with E-state index in [4.69, 9.17) is 13.9 Å². The lowest BCUT2D eigenvalue weighted by Crippen LogP contribution is -2.08. The highest BCUT2D eigenvalue weighted by molar-refractivity contribution is 6.15. The first-order valence-corrected chi connectivity index (χ1v) is 8.07. The van der Waals surface area contributed by atoms with Gasteiger partial charge in [-0.2, -0.15) is 0 Å². The van der Waals surface area contributed by atoms with Crippen LogP contribution in [-0.2, 0) is 4.42 Å². The number of methoxy groups -OCH3 is 2. The standard InChI is InChI=1S/C22H21O3/c1-23-19-13-7-4-10-16(19)22(17-11-5-8-14-20(17)24-2)18-12-6-9-15-21(18)25-3/h4-15H,1-3H3/q+1. The second kappa shape index (κ2) is 7.67. The molecule has 25 heavy (non-hydrogen) atoms. The van der Waals surface area contributed by atoms with Crippen molar-refractivity contribution in [3.8, 4) is 11.5 Å². The first-order chi connectivity index (χ1) is 12.3. The third-order valence-electron chi connectivity index (χ3n) is 4.13. The van der Waals surface area contributed by atoms with E-state index >= 15 is 0 Å². The molecule has 0 N–H and O–H groups in total. The molecule has 0 aliphatic heterocycles. The fourth-order valence-electron chi connectivity index (χ4n) is 2.99. The molecule has 0 unspecified atom stereocenters. The van der Waals surface area contributed by atoms with Crippen molar-refractivity contribution in [1.29, 1.82) is 0 Å². The molecule has 0 aromatic heterocycles. The molecule has 0 heterocycles. The number of benzene rings is 2. The smallest absolute Gasteiger partial charge is 0.350 e. The molecule has 2 aromatic carbocycles. The van der Waals surface area contributed by atoms with Crippen molar-refractivity contribution in [2.75, 3.05) is 21.3 Å². The number of carbonyl (C=O) groups excluding carboxylic acids is 1. The van der Waals surface area contributed by atoms with Crippen LogP contribution in [0.3, 0.4) is 0 Å². The molecule has 0 bridgehead atoms. The van der Waals surface area contributed by atoms with Crippen LogP contribution in [0, 0.1) is 0 Å². The molecule has 0 spiro atoms. The van der Waals surface area contributed by atoms with Crippen molar-refractivity contribution in [1.82, 2.24) is 0 Å². The van der Waals surface area contributed by atoms with Crippen LogP contribution in [-0.4, -0.2) is 27.1 Å². The Bertz CT molecular complexity index is 836. The van der Waals surface area contributed by atoms with Gasteiger partial charge in [0, 0.05) is 22.8 Å². The first kappa shape index (κ1) is 16.8. The Morgan fingerprint density at radius 3 is 1.80 bits per heavy atom. The molecule has 2 aromatic rings. The van der Waals surface area contributed by atoms with Crippen LogP contribution in [0.15, 0.2) is 78.4 Å². The molecule has 0 atom stereocenters. The number of hydrogen-bond donors (Lipinski definition) is 0. The van der Waals surface area contributed by atoms with Crippen LogP contribution in [0.25, 0.3) is 5.57 Å². The lowest BCUT2D eigenvalue weighted by molar-refractivity contribution is -0.418. The number of rotatable bonds is 4. The van der Waals surface area contributed by atoms with Crippen molar-refractivity contribution < 1.29 is 13.9 Å². The van der Waals surface area contributed by atoms with E-state index in [2.05, 4.69) is 0 Å². The molecule has 1 aliphatic carbocycles. The summed E-state index contributed by atoms with van der Waals surface area (Å²) in [5.41, 5.74) is 3.96. The summed E-state index contributed by atoms with van der Waals surface area (Å²) < 4.78 is 16.8. The summed E-state index contributed by atoms with van der Waals surface area (Å²) >= 11 is 0. The Morgan fingerprint density at radius 2 is 1.28 bits per heavy atom. The maximum Gasteiger partial charge on any atom is 0.350 e. The third kappa shape index (κ3) is 3.26. The minimum absolute atomic E-state index is 0.800. The molecule has 3 nitrogen and oxygen atoms in total. The van der Waals surface area contributed by atoms with Crippen LogP contribution in [0.2, 0.25) is 0 Å². The third-order valence-corrected chi connectivity index (χ3v) is 4.13. The van der Waals surface area contributed by atoms with E-state index in [-0.39, 0.29) is 0 Å². The van der Waals surface area contributed by atoms with Gasteiger partial charge in [-0.15, -0.1) is 0 Å². The lowest BCUT2D eigenvalue weighted by atomic mass is 9.88. The summed E-state index contributed by atoms with van der Waals surface area (Å²) in [6, 6.07) is 15.9. The van der Waals surface area contributed by atoms with E-state index in [9.17, 15) is 0 Å². The normalized spacial score (nSPS) is 14.7. The Morgan fingerprint density at radius 1 is 0.760 bits per heavy atom. The molecular formula is C22H21O3+. The van der Waals surface area contributed by atoms with Gasteiger partial charge >= 0.3 is 5.78 Å². The second-order valence-electron chi connectivity index (χ2n) is 5.48. The van der Waals surface area contributed by atoms with E-state index in [0.717, 1.165) is 39.6 Å². The summed E-state index contributed by atoms with van der Waals surface area (Å²) in [5.74, 6) is 2.40. The highest BCUT2D eigenvalue weighted by Gasteiger charge is 2.25. The van der Waals surface area contributed by atoms with E-state index < -0.39 is 0 Å². The maximum atomic E-state index is 5.61. The van der Waals surface area contributed by atoms with Gasteiger partial charge in [0.2, 0.25) is 0 Å². The van der Waals surface area contributed by atoms with Gasteiger partial charge in [-0.1, -0.05) is 48.6 Å². The molecule has 0 saturated carbocycles. The Labute approximate surface area is 148 Å². The zero-order valence-electron chi connectivity index (χ0n) is 14.7. The van der Waals surface area contributed by atoms with Gasteiger partial charge in [-0.25, -0.2) is 0 Å². The van der Waals surface area contributed by atoms with E-state index in [1.165, 1.54) is 0 Å². The van der Waals surface area contributed by atoms with Gasteiger partial charge in [0.1, 0.15) is 11.5 Å². The van der Waals surface area contributed by atoms with Crippen molar-refractivity contribution in [2.45, 2.75) is 0 Å². The van der Waals surface area contributed by atoms with Crippen molar-refractivity contribution in [3.63, 3.8) is 0 Å². The number of ether oxygens (including phenoxy) is 2. The molecule has 0 radical (unpaired) electrons. The van der Waals surface area contributed by atoms with Gasteiger partial charge in [-0.05, 0) is 18.2 Å². The predicted octanol–water partition coefficient (Wildman–Crippen LogP) is 4.37. The quantitative estimate of drug-likeness (QED) is 0.614. The second-order valence-corrected chi connectivity index (χ2v) is 5.48. The monoisotopic (exact) mass is 333 g/mol. The summed E-state index contributed by atoms with van der Waals surface area (Å²) in [6.45, 7) is 0. The highest BCUT2D eigenvalue weighted by Crippen LogP contribution is 2.38. The number of ketones is 1. The molecular weight excluding hydrogens is 312 g/mol. The molecule has 126 valence electrons. The van der Waals surface area contributed by atoms with Gasteiger partial charge in [0.15, 0.2) is 0 Å². The Balaban J connectivity index is 2.38. The van der Waals surface area contributed by atoms with Crippen molar-refractivity contribution >= 4 is 11.4 Å². The summed E-state index contributed by atoms with van der Waals surface area (Å²) in [5, 5.41) is 0. The topological polar surface area (TPSA) is 29.8 Å². The highest BCUT2D eigenvalue weighted by atomic mass is 16.5. The summed E-state index contributed by atoms with van der Waals surface area (Å²) in [7, 11) is 5.04. The molecule has 0 amide bonds. The van der Waals surface area contributed by atoms with Crippen LogP contribution in [0.5, 0.6) is 11.5 Å². The minimum atomic E-state index is 0.800. The fourth-order valence-corrected chi connectivity index (χ4v) is 2.99. The molecule has 1 aliphatic rings. The van der Waals surface area contributed by atoms with Crippen LogP contribution in [0.4, 0.5) is 0 Å². The van der Waals surface area contributed by atoms with Crippen LogP contribution >= 0.6 is 0 Å². The van der Waals surface area contributed by atoms with Gasteiger partial charge in [0.25, 0.3) is 7.11 Å². The van der Waals surface area contributed by atoms with E-state index in [1.54, 1.807) is 21.3 Å². The zero-order chi connectivity index (χ0) is 17.6. The maximum absolute atomic E-state index is 5.61. The molecule has 3 heteroatoms. The predicted molar refractivity (Wildman–Crippen MR) is 101 cm³/mol. The lowest BCUT2D eigenvalue weighted by Gasteiger charge is -2.17. The zero-order valence-corrected chi connectivity index (χ0v) is 14.7. The Kier molecular flexibility index (Phi) is 5.14. The number of allylic oxidation sites excluding steroid dienone is 5. The average molecular weight is 333 g/mol. The fraction of sp³-hybridized carbons (Fsp3) is 0.136. The molecule has 0 saturated heterocycles. The van der Waals surface area contributed by atoms with Gasteiger partial charge < -0.3 is 9.47 Å². The average Bonchev–Trinajstić information content (AvgIpc) is 2.69. The summed E-state index contributed by atoms with van der Waals surface area (Å²) in [4.78, 5) is 0. The van der Waals surface area contributed by atoms with E-state index in [0.29, 0.717) is 0 Å². The van der Waals surface area contributed by atoms with Crippen LogP contribution < -0.4 is 9.47 Å². The number of hydrogen-bond acceptors (Lipinski definition) is 2. The van der Waals surface area contributed by atoms with Gasteiger partial charge in [-0.3, -0.25) is 4.42 Å². The van der Waals surface area contributed by atoms with Gasteiger partial charge in [0.05, 0.1) is 19.8 Å². The molecule has 3 rings (SSSR count). The largest absolute Gasteiger partial charge is 0.496 e. The number of para-hydroxylation sites is 2.